The number of hydrogen-bond donors (Lipinski definition) is 0. The molecule has 0 radical (unpaired) electrons. The molecule has 2 aromatic heterocycles. The lowest BCUT2D eigenvalue weighted by Gasteiger charge is -2.07. The molecule has 3 rings (SSSR count). The van der Waals surface area contributed by atoms with Crippen LogP contribution in [0.5, 0.6) is 0 Å². The summed E-state index contributed by atoms with van der Waals surface area (Å²) < 4.78 is 2.18. The van der Waals surface area contributed by atoms with Crippen LogP contribution in [0.3, 0.4) is 0 Å². The van der Waals surface area contributed by atoms with Crippen LogP contribution in [0, 0.1) is 6.92 Å². The SMILES string of the molecule is Cc1nc2ccccc2n1Cc1ccnc(Cl)c1. The summed E-state index contributed by atoms with van der Waals surface area (Å²) in [7, 11) is 0. The van der Waals surface area contributed by atoms with Gasteiger partial charge in [0.1, 0.15) is 11.0 Å². The Kier molecular flexibility index (Phi) is 2.76. The van der Waals surface area contributed by atoms with Crippen LogP contribution in [0.1, 0.15) is 11.4 Å². The molecule has 0 saturated carbocycles. The van der Waals surface area contributed by atoms with Crippen molar-refractivity contribution in [3.05, 3.63) is 59.1 Å². The Morgan fingerprint density at radius 3 is 2.89 bits per heavy atom. The molecular formula is C14H12ClN3. The third-order valence-corrected chi connectivity index (χ3v) is 3.18. The minimum atomic E-state index is 0.523. The number of aryl methyl sites for hydroxylation is 1. The van der Waals surface area contributed by atoms with E-state index in [1.54, 1.807) is 6.20 Å². The van der Waals surface area contributed by atoms with Crippen molar-refractivity contribution in [3.63, 3.8) is 0 Å². The quantitative estimate of drug-likeness (QED) is 0.659. The minimum Gasteiger partial charge on any atom is -0.324 e. The first kappa shape index (κ1) is 11.2. The summed E-state index contributed by atoms with van der Waals surface area (Å²) in [5.41, 5.74) is 3.29. The summed E-state index contributed by atoms with van der Waals surface area (Å²) >= 11 is 5.91. The molecule has 0 N–H and O–H groups in total. The molecule has 0 aliphatic heterocycles. The van der Waals surface area contributed by atoms with Crippen LogP contribution >= 0.6 is 11.6 Å². The average molecular weight is 258 g/mol. The second-order valence-corrected chi connectivity index (χ2v) is 4.61. The molecule has 0 fully saturated rings. The van der Waals surface area contributed by atoms with Gasteiger partial charge in [-0.2, -0.15) is 0 Å². The maximum atomic E-state index is 5.91. The number of benzene rings is 1. The predicted octanol–water partition coefficient (Wildman–Crippen LogP) is 3.44. The second kappa shape index (κ2) is 4.42. The lowest BCUT2D eigenvalue weighted by Crippen LogP contribution is -2.02. The molecule has 0 atom stereocenters. The lowest BCUT2D eigenvalue weighted by molar-refractivity contribution is 0.784. The van der Waals surface area contributed by atoms with E-state index in [4.69, 9.17) is 11.6 Å². The Hall–Kier alpha value is -1.87. The van der Waals surface area contributed by atoms with E-state index >= 15 is 0 Å². The molecule has 0 spiro atoms. The largest absolute Gasteiger partial charge is 0.324 e. The topological polar surface area (TPSA) is 30.7 Å². The van der Waals surface area contributed by atoms with Crippen LogP contribution in [-0.4, -0.2) is 14.5 Å². The van der Waals surface area contributed by atoms with Crippen molar-refractivity contribution < 1.29 is 0 Å². The van der Waals surface area contributed by atoms with Crippen molar-refractivity contribution >= 4 is 22.6 Å². The lowest BCUT2D eigenvalue weighted by atomic mass is 10.2. The van der Waals surface area contributed by atoms with Crippen LogP contribution < -0.4 is 0 Å². The Bertz CT molecular complexity index is 703. The van der Waals surface area contributed by atoms with Crippen molar-refractivity contribution in [3.8, 4) is 0 Å². The maximum absolute atomic E-state index is 5.91. The highest BCUT2D eigenvalue weighted by molar-refractivity contribution is 6.29. The minimum absolute atomic E-state index is 0.523. The van der Waals surface area contributed by atoms with Gasteiger partial charge in [-0.1, -0.05) is 23.7 Å². The van der Waals surface area contributed by atoms with Crippen LogP contribution in [0.15, 0.2) is 42.6 Å². The van der Waals surface area contributed by atoms with Gasteiger partial charge in [0.2, 0.25) is 0 Å². The van der Waals surface area contributed by atoms with Gasteiger partial charge in [-0.15, -0.1) is 0 Å². The van der Waals surface area contributed by atoms with Crippen LogP contribution in [0.2, 0.25) is 5.15 Å². The van der Waals surface area contributed by atoms with Gasteiger partial charge < -0.3 is 4.57 Å². The zero-order valence-corrected chi connectivity index (χ0v) is 10.7. The second-order valence-electron chi connectivity index (χ2n) is 4.22. The molecule has 0 bridgehead atoms. The van der Waals surface area contributed by atoms with Crippen LogP contribution in [0.4, 0.5) is 0 Å². The van der Waals surface area contributed by atoms with E-state index < -0.39 is 0 Å². The van der Waals surface area contributed by atoms with Gasteiger partial charge in [-0.05, 0) is 36.8 Å². The number of rotatable bonds is 2. The van der Waals surface area contributed by atoms with Gasteiger partial charge in [0.15, 0.2) is 0 Å². The van der Waals surface area contributed by atoms with Gasteiger partial charge in [0.25, 0.3) is 0 Å². The third kappa shape index (κ3) is 1.97. The van der Waals surface area contributed by atoms with Crippen molar-refractivity contribution in [2.75, 3.05) is 0 Å². The van der Waals surface area contributed by atoms with E-state index in [0.717, 1.165) is 29.0 Å². The van der Waals surface area contributed by atoms with Gasteiger partial charge in [0, 0.05) is 12.7 Å². The van der Waals surface area contributed by atoms with Gasteiger partial charge in [0.05, 0.1) is 11.0 Å². The number of para-hydroxylation sites is 2. The first-order valence-electron chi connectivity index (χ1n) is 5.76. The van der Waals surface area contributed by atoms with Crippen LogP contribution in [0.25, 0.3) is 11.0 Å². The highest BCUT2D eigenvalue weighted by Gasteiger charge is 2.07. The van der Waals surface area contributed by atoms with Crippen molar-refractivity contribution in [1.29, 1.82) is 0 Å². The maximum Gasteiger partial charge on any atom is 0.129 e. The van der Waals surface area contributed by atoms with E-state index in [1.807, 2.05) is 37.3 Å². The van der Waals surface area contributed by atoms with Gasteiger partial charge in [-0.3, -0.25) is 0 Å². The summed E-state index contributed by atoms with van der Waals surface area (Å²) in [6.45, 7) is 2.78. The van der Waals surface area contributed by atoms with E-state index in [-0.39, 0.29) is 0 Å². The molecule has 1 aromatic carbocycles. The third-order valence-electron chi connectivity index (χ3n) is 2.98. The zero-order valence-electron chi connectivity index (χ0n) is 9.97. The zero-order chi connectivity index (χ0) is 12.5. The molecule has 0 aliphatic carbocycles. The number of imidazole rings is 1. The average Bonchev–Trinajstić information content (AvgIpc) is 2.66. The summed E-state index contributed by atoms with van der Waals surface area (Å²) in [5, 5.41) is 0.523. The Morgan fingerprint density at radius 1 is 1.22 bits per heavy atom. The number of hydrogen-bond acceptors (Lipinski definition) is 2. The van der Waals surface area contributed by atoms with Crippen LogP contribution in [-0.2, 0) is 6.54 Å². The predicted molar refractivity (Wildman–Crippen MR) is 72.8 cm³/mol. The smallest absolute Gasteiger partial charge is 0.129 e. The molecule has 0 amide bonds. The summed E-state index contributed by atoms with van der Waals surface area (Å²) in [4.78, 5) is 8.54. The molecule has 0 unspecified atom stereocenters. The first-order chi connectivity index (χ1) is 8.74. The van der Waals surface area contributed by atoms with Crippen molar-refractivity contribution in [2.45, 2.75) is 13.5 Å². The Morgan fingerprint density at radius 2 is 2.06 bits per heavy atom. The molecule has 3 aromatic rings. The summed E-state index contributed by atoms with van der Waals surface area (Å²) in [6.07, 6.45) is 1.73. The highest BCUT2D eigenvalue weighted by Crippen LogP contribution is 2.18. The number of pyridine rings is 1. The van der Waals surface area contributed by atoms with E-state index in [0.29, 0.717) is 5.15 Å². The first-order valence-corrected chi connectivity index (χ1v) is 6.14. The fourth-order valence-corrected chi connectivity index (χ4v) is 2.32. The molecule has 3 nitrogen and oxygen atoms in total. The van der Waals surface area contributed by atoms with Gasteiger partial charge in [-0.25, -0.2) is 9.97 Å². The van der Waals surface area contributed by atoms with Gasteiger partial charge >= 0.3 is 0 Å². The molecule has 0 aliphatic rings. The number of aromatic nitrogens is 3. The monoisotopic (exact) mass is 257 g/mol. The Balaban J connectivity index is 2.07. The fourth-order valence-electron chi connectivity index (χ4n) is 2.12. The summed E-state index contributed by atoms with van der Waals surface area (Å²) in [6, 6.07) is 12.0. The number of nitrogens with zero attached hydrogens (tertiary/aromatic N) is 3. The highest BCUT2D eigenvalue weighted by atomic mass is 35.5. The molecule has 18 heavy (non-hydrogen) atoms. The summed E-state index contributed by atoms with van der Waals surface area (Å²) in [5.74, 6) is 1.00. The number of fused-ring (bicyclic) bond motifs is 1. The van der Waals surface area contributed by atoms with E-state index in [1.165, 1.54) is 0 Å². The fraction of sp³-hybridized carbons (Fsp3) is 0.143. The van der Waals surface area contributed by atoms with E-state index in [9.17, 15) is 0 Å². The molecule has 4 heteroatoms. The normalized spacial score (nSPS) is 11.0. The van der Waals surface area contributed by atoms with Crippen molar-refractivity contribution in [2.24, 2.45) is 0 Å². The van der Waals surface area contributed by atoms with E-state index in [2.05, 4.69) is 20.6 Å². The van der Waals surface area contributed by atoms with Crippen molar-refractivity contribution in [1.82, 2.24) is 14.5 Å². The standard InChI is InChI=1S/C14H12ClN3/c1-10-17-12-4-2-3-5-13(12)18(10)9-11-6-7-16-14(15)8-11/h2-8H,9H2,1H3. The molecule has 2 heterocycles. The number of halogens is 1. The molecular weight excluding hydrogens is 246 g/mol. The molecule has 90 valence electrons. The molecule has 0 saturated heterocycles. The Labute approximate surface area is 110 Å².